The van der Waals surface area contributed by atoms with Gasteiger partial charge in [-0.1, -0.05) is 51.2 Å². The molecule has 1 aliphatic rings. The largest absolute Gasteiger partial charge is 0.497 e. The lowest BCUT2D eigenvalue weighted by molar-refractivity contribution is 0.0845. The van der Waals surface area contributed by atoms with Gasteiger partial charge in [0, 0.05) is 39.8 Å². The predicted octanol–water partition coefficient (Wildman–Crippen LogP) is 6.23. The molecule has 5 heteroatoms. The Morgan fingerprint density at radius 3 is 2.22 bits per heavy atom. The summed E-state index contributed by atoms with van der Waals surface area (Å²) in [6, 6.07) is 17.5. The van der Waals surface area contributed by atoms with Gasteiger partial charge >= 0.3 is 0 Å². The van der Waals surface area contributed by atoms with Gasteiger partial charge in [0.25, 0.3) is 11.8 Å². The zero-order valence-electron chi connectivity index (χ0n) is 18.8. The topological polar surface area (TPSA) is 58.6 Å². The molecule has 3 aromatic carbocycles. The Morgan fingerprint density at radius 2 is 1.50 bits per heavy atom. The van der Waals surface area contributed by atoms with Crippen LogP contribution in [0.2, 0.25) is 0 Å². The average molecular weight is 431 g/mol. The number of amides is 2. The summed E-state index contributed by atoms with van der Waals surface area (Å²) in [5.41, 5.74) is 3.17. The van der Waals surface area contributed by atoms with Crippen LogP contribution >= 0.6 is 0 Å². The van der Waals surface area contributed by atoms with Crippen molar-refractivity contribution in [1.82, 2.24) is 5.32 Å². The summed E-state index contributed by atoms with van der Waals surface area (Å²) >= 11 is 0. The molecule has 2 amide bonds. The van der Waals surface area contributed by atoms with Gasteiger partial charge in [-0.15, -0.1) is 0 Å². The van der Waals surface area contributed by atoms with E-state index in [0.717, 1.165) is 40.9 Å². The van der Waals surface area contributed by atoms with E-state index in [1.54, 1.807) is 13.2 Å². The first-order valence-corrected chi connectivity index (χ1v) is 11.5. The molecule has 0 bridgehead atoms. The summed E-state index contributed by atoms with van der Waals surface area (Å²) in [7, 11) is 1.66. The van der Waals surface area contributed by atoms with Crippen LogP contribution in [-0.4, -0.2) is 25.5 Å². The number of anilines is 2. The molecule has 4 rings (SSSR count). The van der Waals surface area contributed by atoms with Crippen LogP contribution in [0.25, 0.3) is 10.8 Å². The zero-order valence-corrected chi connectivity index (χ0v) is 18.8. The van der Waals surface area contributed by atoms with Crippen molar-refractivity contribution < 1.29 is 14.3 Å². The van der Waals surface area contributed by atoms with Gasteiger partial charge in [0.15, 0.2) is 0 Å². The van der Waals surface area contributed by atoms with Crippen LogP contribution in [0.1, 0.15) is 66.2 Å². The molecule has 0 radical (unpaired) electrons. The van der Waals surface area contributed by atoms with E-state index in [4.69, 9.17) is 4.74 Å². The number of methoxy groups -OCH3 is 1. The van der Waals surface area contributed by atoms with Crippen molar-refractivity contribution in [2.75, 3.05) is 18.6 Å². The van der Waals surface area contributed by atoms with E-state index in [9.17, 15) is 9.59 Å². The normalized spacial score (nSPS) is 12.7. The fourth-order valence-electron chi connectivity index (χ4n) is 4.44. The lowest BCUT2D eigenvalue weighted by Crippen LogP contribution is -2.34. The molecule has 0 atom stereocenters. The van der Waals surface area contributed by atoms with Gasteiger partial charge in [0.1, 0.15) is 5.75 Å². The number of nitrogens with zero attached hydrogens (tertiary/aromatic N) is 1. The Hall–Kier alpha value is -3.34. The number of rotatable bonds is 10. The highest BCUT2D eigenvalue weighted by Gasteiger charge is 2.26. The van der Waals surface area contributed by atoms with E-state index in [-0.39, 0.29) is 11.8 Å². The van der Waals surface area contributed by atoms with E-state index in [2.05, 4.69) is 29.3 Å². The maximum atomic E-state index is 12.4. The first-order chi connectivity index (χ1) is 15.6. The van der Waals surface area contributed by atoms with Gasteiger partial charge in [-0.25, -0.2) is 0 Å². The molecule has 0 spiro atoms. The average Bonchev–Trinajstić information content (AvgIpc) is 2.82. The van der Waals surface area contributed by atoms with Crippen LogP contribution in [0.3, 0.4) is 0 Å². The lowest BCUT2D eigenvalue weighted by atomic mass is 9.93. The highest BCUT2D eigenvalue weighted by atomic mass is 16.5. The van der Waals surface area contributed by atoms with E-state index in [0.29, 0.717) is 11.1 Å². The number of hydrogen-bond acceptors (Lipinski definition) is 4. The van der Waals surface area contributed by atoms with E-state index in [1.807, 2.05) is 36.4 Å². The number of carbonyl (C=O) groups is 2. The number of ether oxygens (including phenoxy) is 1. The summed E-state index contributed by atoms with van der Waals surface area (Å²) in [5, 5.41) is 4.10. The maximum Gasteiger partial charge on any atom is 0.258 e. The van der Waals surface area contributed by atoms with Crippen LogP contribution in [0, 0.1) is 0 Å². The summed E-state index contributed by atoms with van der Waals surface area (Å²) in [6.07, 6.45) is 7.28. The van der Waals surface area contributed by atoms with Crippen LogP contribution in [-0.2, 0) is 0 Å². The number of benzene rings is 3. The molecule has 3 aromatic rings. The number of unbranched alkanes of at least 4 members (excludes halogenated alkanes) is 5. The number of imide groups is 1. The molecule has 0 fully saturated rings. The van der Waals surface area contributed by atoms with Crippen LogP contribution < -0.4 is 15.0 Å². The summed E-state index contributed by atoms with van der Waals surface area (Å²) in [4.78, 5) is 27.2. The molecule has 166 valence electrons. The third-order valence-corrected chi connectivity index (χ3v) is 6.14. The van der Waals surface area contributed by atoms with Gasteiger partial charge in [-0.05, 0) is 48.9 Å². The second-order valence-corrected chi connectivity index (χ2v) is 8.26. The molecule has 1 aliphatic heterocycles. The van der Waals surface area contributed by atoms with Gasteiger partial charge in [-0.3, -0.25) is 14.9 Å². The van der Waals surface area contributed by atoms with Crippen molar-refractivity contribution >= 4 is 34.0 Å². The second kappa shape index (κ2) is 9.86. The van der Waals surface area contributed by atoms with Crippen LogP contribution in [0.15, 0.2) is 54.6 Å². The maximum absolute atomic E-state index is 12.4. The Bertz CT molecular complexity index is 1100. The van der Waals surface area contributed by atoms with Crippen molar-refractivity contribution in [3.8, 4) is 5.75 Å². The molecular formula is C27H30N2O3. The molecule has 0 saturated heterocycles. The fraction of sp³-hybridized carbons (Fsp3) is 0.333. The molecule has 5 nitrogen and oxygen atoms in total. The molecule has 0 aromatic heterocycles. The first kappa shape index (κ1) is 21.9. The van der Waals surface area contributed by atoms with Gasteiger partial charge in [-0.2, -0.15) is 0 Å². The number of carbonyl (C=O) groups excluding carboxylic acids is 2. The summed E-state index contributed by atoms with van der Waals surface area (Å²) < 4.78 is 5.34. The van der Waals surface area contributed by atoms with E-state index >= 15 is 0 Å². The number of nitrogens with one attached hydrogen (secondary N) is 1. The van der Waals surface area contributed by atoms with Crippen LogP contribution in [0.4, 0.5) is 11.4 Å². The zero-order chi connectivity index (χ0) is 22.5. The molecule has 0 unspecified atom stereocenters. The summed E-state index contributed by atoms with van der Waals surface area (Å²) in [6.45, 7) is 3.09. The molecule has 1 N–H and O–H groups in total. The Morgan fingerprint density at radius 1 is 0.812 bits per heavy atom. The van der Waals surface area contributed by atoms with Gasteiger partial charge < -0.3 is 9.64 Å². The van der Waals surface area contributed by atoms with Crippen molar-refractivity contribution in [3.63, 3.8) is 0 Å². The van der Waals surface area contributed by atoms with Crippen LogP contribution in [0.5, 0.6) is 5.75 Å². The quantitative estimate of drug-likeness (QED) is 0.306. The minimum Gasteiger partial charge on any atom is -0.497 e. The predicted molar refractivity (Wildman–Crippen MR) is 129 cm³/mol. The third-order valence-electron chi connectivity index (χ3n) is 6.14. The fourth-order valence-corrected chi connectivity index (χ4v) is 4.44. The first-order valence-electron chi connectivity index (χ1n) is 11.5. The molecule has 32 heavy (non-hydrogen) atoms. The highest BCUT2D eigenvalue weighted by Crippen LogP contribution is 2.37. The van der Waals surface area contributed by atoms with E-state index < -0.39 is 0 Å². The molecule has 0 saturated carbocycles. The standard InChI is InChI=1S/C27H30N2O3/c1-3-4-5-6-7-8-18-29(19-12-14-20(32-2)15-13-19)24-17-16-23-25-21(24)10-9-11-22(25)26(30)28-27(23)31/h9-17H,3-8,18H2,1-2H3,(H,28,30,31). The minimum absolute atomic E-state index is 0.336. The summed E-state index contributed by atoms with van der Waals surface area (Å²) in [5.74, 6) is 0.141. The second-order valence-electron chi connectivity index (χ2n) is 8.26. The highest BCUT2D eigenvalue weighted by molar-refractivity contribution is 6.27. The Kier molecular flexibility index (Phi) is 6.74. The number of hydrogen-bond donors (Lipinski definition) is 1. The molecule has 1 heterocycles. The molecule has 0 aliphatic carbocycles. The third kappa shape index (κ3) is 4.33. The van der Waals surface area contributed by atoms with Gasteiger partial charge in [0.05, 0.1) is 7.11 Å². The van der Waals surface area contributed by atoms with Crippen molar-refractivity contribution in [2.24, 2.45) is 0 Å². The monoisotopic (exact) mass is 430 g/mol. The Labute approximate surface area is 189 Å². The van der Waals surface area contributed by atoms with Crippen molar-refractivity contribution in [2.45, 2.75) is 45.4 Å². The van der Waals surface area contributed by atoms with E-state index in [1.165, 1.54) is 32.1 Å². The SMILES string of the molecule is CCCCCCCCN(c1ccc(OC)cc1)c1ccc2c3c(cccc13)C(=O)NC2=O. The van der Waals surface area contributed by atoms with Crippen molar-refractivity contribution in [3.05, 3.63) is 65.7 Å². The Balaban J connectivity index is 1.73. The smallest absolute Gasteiger partial charge is 0.258 e. The van der Waals surface area contributed by atoms with Crippen molar-refractivity contribution in [1.29, 1.82) is 0 Å². The molecular weight excluding hydrogens is 400 g/mol. The van der Waals surface area contributed by atoms with Gasteiger partial charge in [0.2, 0.25) is 0 Å². The lowest BCUT2D eigenvalue weighted by Gasteiger charge is -2.28. The minimum atomic E-state index is -0.336.